The molecule has 2 aliphatic heterocycles. The third-order valence-corrected chi connectivity index (χ3v) is 6.59. The second-order valence-electron chi connectivity index (χ2n) is 8.27. The standard InChI is InChI=1S/C25H25N3O4/c1-4-20-26-15(2)21(32-20)23(29)28-13-12-25(18-10-5-6-11-19(18)27-24(25)30)22(28)16-8-7-9-17(14-16)31-3/h5-11,14,22H,4,12-13H2,1-3H3,(H,27,30)/t22-,25+/m0/s1. The number of carbonyl (C=O) groups excluding carboxylic acids is 2. The first kappa shape index (κ1) is 20.3. The highest BCUT2D eigenvalue weighted by Crippen LogP contribution is 2.55. The van der Waals surface area contributed by atoms with Crippen molar-refractivity contribution in [3.05, 3.63) is 77.0 Å². The molecule has 1 aromatic heterocycles. The summed E-state index contributed by atoms with van der Waals surface area (Å²) < 4.78 is 11.2. The first-order chi connectivity index (χ1) is 15.5. The average Bonchev–Trinajstić information content (AvgIpc) is 3.48. The van der Waals surface area contributed by atoms with E-state index < -0.39 is 11.5 Å². The van der Waals surface area contributed by atoms with Gasteiger partial charge in [0.25, 0.3) is 5.91 Å². The van der Waals surface area contributed by atoms with E-state index in [9.17, 15) is 9.59 Å². The minimum absolute atomic E-state index is 0.0923. The van der Waals surface area contributed by atoms with E-state index in [1.807, 2.05) is 55.5 Å². The number of para-hydroxylation sites is 1. The van der Waals surface area contributed by atoms with E-state index in [1.165, 1.54) is 0 Å². The van der Waals surface area contributed by atoms with E-state index >= 15 is 0 Å². The van der Waals surface area contributed by atoms with Gasteiger partial charge in [-0.15, -0.1) is 0 Å². The maximum atomic E-state index is 13.7. The van der Waals surface area contributed by atoms with Crippen LogP contribution in [0.1, 0.15) is 52.7 Å². The molecule has 2 amide bonds. The molecule has 0 aliphatic carbocycles. The molecule has 0 unspecified atom stereocenters. The molecule has 164 valence electrons. The summed E-state index contributed by atoms with van der Waals surface area (Å²) in [5, 5.41) is 3.04. The Kier molecular flexibility index (Phi) is 4.77. The summed E-state index contributed by atoms with van der Waals surface area (Å²) in [5.74, 6) is 1.09. The molecule has 0 bridgehead atoms. The summed E-state index contributed by atoms with van der Waals surface area (Å²) in [4.78, 5) is 33.3. The van der Waals surface area contributed by atoms with Crippen molar-refractivity contribution in [3.8, 4) is 5.75 Å². The van der Waals surface area contributed by atoms with Crippen molar-refractivity contribution in [2.45, 2.75) is 38.1 Å². The summed E-state index contributed by atoms with van der Waals surface area (Å²) in [5.41, 5.74) is 2.23. The molecule has 2 aliphatic rings. The number of methoxy groups -OCH3 is 1. The van der Waals surface area contributed by atoms with Gasteiger partial charge in [0, 0.05) is 18.7 Å². The predicted octanol–water partition coefficient (Wildman–Crippen LogP) is 4.03. The Labute approximate surface area is 186 Å². The number of hydrogen-bond acceptors (Lipinski definition) is 5. The molecule has 1 fully saturated rings. The maximum Gasteiger partial charge on any atom is 0.292 e. The van der Waals surface area contributed by atoms with Crippen LogP contribution in [0.5, 0.6) is 5.75 Å². The zero-order valence-corrected chi connectivity index (χ0v) is 18.3. The smallest absolute Gasteiger partial charge is 0.292 e. The van der Waals surface area contributed by atoms with Crippen LogP contribution in [0.25, 0.3) is 0 Å². The summed E-state index contributed by atoms with van der Waals surface area (Å²) >= 11 is 0. The number of fused-ring (bicyclic) bond motifs is 2. The van der Waals surface area contributed by atoms with Crippen molar-refractivity contribution in [1.82, 2.24) is 9.88 Å². The zero-order chi connectivity index (χ0) is 22.5. The lowest BCUT2D eigenvalue weighted by Gasteiger charge is -2.34. The number of nitrogens with zero attached hydrogens (tertiary/aromatic N) is 2. The number of rotatable bonds is 4. The number of hydrogen-bond donors (Lipinski definition) is 1. The SMILES string of the molecule is CCc1nc(C)c(C(=O)N2CC[C@]3(C(=O)Nc4ccccc43)[C@@H]2c2cccc(OC)c2)o1. The Balaban J connectivity index is 1.67. The molecule has 3 heterocycles. The van der Waals surface area contributed by atoms with Crippen LogP contribution in [0.3, 0.4) is 0 Å². The largest absolute Gasteiger partial charge is 0.497 e. The van der Waals surface area contributed by atoms with Gasteiger partial charge in [-0.25, -0.2) is 4.98 Å². The van der Waals surface area contributed by atoms with Gasteiger partial charge in [-0.2, -0.15) is 0 Å². The van der Waals surface area contributed by atoms with E-state index in [0.717, 1.165) is 16.8 Å². The fraction of sp³-hybridized carbons (Fsp3) is 0.320. The second kappa shape index (κ2) is 7.51. The van der Waals surface area contributed by atoms with Crippen LogP contribution in [0.4, 0.5) is 5.69 Å². The monoisotopic (exact) mass is 431 g/mol. The highest BCUT2D eigenvalue weighted by atomic mass is 16.5. The molecular formula is C25H25N3O4. The van der Waals surface area contributed by atoms with E-state index in [1.54, 1.807) is 18.9 Å². The Morgan fingerprint density at radius 2 is 2.09 bits per heavy atom. The van der Waals surface area contributed by atoms with E-state index in [-0.39, 0.29) is 17.6 Å². The third-order valence-electron chi connectivity index (χ3n) is 6.59. The van der Waals surface area contributed by atoms with Gasteiger partial charge in [-0.05, 0) is 42.7 Å². The molecule has 32 heavy (non-hydrogen) atoms. The summed E-state index contributed by atoms with van der Waals surface area (Å²) in [6.07, 6.45) is 1.12. The van der Waals surface area contributed by atoms with Crippen LogP contribution in [0, 0.1) is 6.92 Å². The molecule has 1 saturated heterocycles. The van der Waals surface area contributed by atoms with Crippen LogP contribution < -0.4 is 10.1 Å². The van der Waals surface area contributed by atoms with Gasteiger partial charge in [0.15, 0.2) is 5.89 Å². The van der Waals surface area contributed by atoms with Crippen molar-refractivity contribution in [2.24, 2.45) is 0 Å². The van der Waals surface area contributed by atoms with Gasteiger partial charge in [0.05, 0.1) is 18.8 Å². The number of likely N-dealkylation sites (tertiary alicyclic amines) is 1. The lowest BCUT2D eigenvalue weighted by molar-refractivity contribution is -0.121. The van der Waals surface area contributed by atoms with Gasteiger partial charge in [0.2, 0.25) is 11.7 Å². The van der Waals surface area contributed by atoms with Crippen molar-refractivity contribution in [3.63, 3.8) is 0 Å². The molecule has 1 spiro atoms. The van der Waals surface area contributed by atoms with Crippen molar-refractivity contribution < 1.29 is 18.7 Å². The van der Waals surface area contributed by atoms with Gasteiger partial charge in [-0.3, -0.25) is 9.59 Å². The lowest BCUT2D eigenvalue weighted by Crippen LogP contribution is -2.42. The van der Waals surface area contributed by atoms with Crippen LogP contribution in [0.2, 0.25) is 0 Å². The van der Waals surface area contributed by atoms with Crippen LogP contribution >= 0.6 is 0 Å². The van der Waals surface area contributed by atoms with Crippen molar-refractivity contribution >= 4 is 17.5 Å². The molecule has 0 radical (unpaired) electrons. The highest BCUT2D eigenvalue weighted by Gasteiger charge is 2.59. The minimum atomic E-state index is -0.889. The molecule has 7 heteroatoms. The van der Waals surface area contributed by atoms with Crippen LogP contribution in [-0.4, -0.2) is 35.4 Å². The van der Waals surface area contributed by atoms with Crippen LogP contribution in [-0.2, 0) is 16.6 Å². The Hall–Kier alpha value is -3.61. The van der Waals surface area contributed by atoms with Gasteiger partial charge >= 0.3 is 0 Å². The molecule has 2 atom stereocenters. The molecule has 1 N–H and O–H groups in total. The molecule has 2 aromatic carbocycles. The number of anilines is 1. The highest BCUT2D eigenvalue weighted by molar-refractivity contribution is 6.08. The predicted molar refractivity (Wildman–Crippen MR) is 119 cm³/mol. The Morgan fingerprint density at radius 1 is 1.28 bits per heavy atom. The fourth-order valence-electron chi connectivity index (χ4n) is 5.11. The first-order valence-electron chi connectivity index (χ1n) is 10.8. The molecule has 7 nitrogen and oxygen atoms in total. The minimum Gasteiger partial charge on any atom is -0.497 e. The Bertz CT molecular complexity index is 1220. The second-order valence-corrected chi connectivity index (χ2v) is 8.27. The number of benzene rings is 2. The summed E-state index contributed by atoms with van der Waals surface area (Å²) in [6.45, 7) is 4.13. The number of aryl methyl sites for hydroxylation is 2. The Morgan fingerprint density at radius 3 is 2.84 bits per heavy atom. The van der Waals surface area contributed by atoms with Gasteiger partial charge < -0.3 is 19.4 Å². The number of amides is 2. The number of aromatic nitrogens is 1. The fourth-order valence-corrected chi connectivity index (χ4v) is 5.11. The topological polar surface area (TPSA) is 84.7 Å². The van der Waals surface area contributed by atoms with E-state index in [0.29, 0.717) is 36.7 Å². The number of carbonyl (C=O) groups is 2. The number of oxazole rings is 1. The molecule has 3 aromatic rings. The molecule has 5 rings (SSSR count). The van der Waals surface area contributed by atoms with Crippen molar-refractivity contribution in [2.75, 3.05) is 19.0 Å². The van der Waals surface area contributed by atoms with Crippen molar-refractivity contribution in [1.29, 1.82) is 0 Å². The van der Waals surface area contributed by atoms with E-state index in [4.69, 9.17) is 9.15 Å². The summed E-state index contributed by atoms with van der Waals surface area (Å²) in [7, 11) is 1.61. The number of ether oxygens (including phenoxy) is 1. The average molecular weight is 431 g/mol. The van der Waals surface area contributed by atoms with Gasteiger partial charge in [-0.1, -0.05) is 37.3 Å². The number of nitrogens with one attached hydrogen (secondary N) is 1. The van der Waals surface area contributed by atoms with Crippen LogP contribution in [0.15, 0.2) is 52.9 Å². The zero-order valence-electron chi connectivity index (χ0n) is 18.3. The maximum absolute atomic E-state index is 13.7. The normalized spacial score (nSPS) is 21.7. The molecule has 0 saturated carbocycles. The first-order valence-corrected chi connectivity index (χ1v) is 10.8. The lowest BCUT2D eigenvalue weighted by atomic mass is 9.72. The van der Waals surface area contributed by atoms with E-state index in [2.05, 4.69) is 10.3 Å². The quantitative estimate of drug-likeness (QED) is 0.674. The molecular weight excluding hydrogens is 406 g/mol. The summed E-state index contributed by atoms with van der Waals surface area (Å²) in [6, 6.07) is 14.8. The third kappa shape index (κ3) is 2.84. The van der Waals surface area contributed by atoms with Gasteiger partial charge in [0.1, 0.15) is 11.2 Å².